The first-order chi connectivity index (χ1) is 10.4. The SMILES string of the molecule is CCOc1ccccc1-c1noc(CC2CSCCN2)n1. The molecule has 6 heteroatoms. The second-order valence-electron chi connectivity index (χ2n) is 4.87. The minimum absolute atomic E-state index is 0.416. The average molecular weight is 305 g/mol. The average Bonchev–Trinajstić information content (AvgIpc) is 2.97. The van der Waals surface area contributed by atoms with Gasteiger partial charge in [0.25, 0.3) is 0 Å². The summed E-state index contributed by atoms with van der Waals surface area (Å²) in [5, 5.41) is 7.57. The van der Waals surface area contributed by atoms with Gasteiger partial charge in [-0.25, -0.2) is 0 Å². The van der Waals surface area contributed by atoms with E-state index in [1.165, 1.54) is 5.75 Å². The monoisotopic (exact) mass is 305 g/mol. The Hall–Kier alpha value is -1.53. The zero-order valence-electron chi connectivity index (χ0n) is 12.0. The summed E-state index contributed by atoms with van der Waals surface area (Å²) in [5.74, 6) is 4.33. The minimum Gasteiger partial charge on any atom is -0.493 e. The van der Waals surface area contributed by atoms with Gasteiger partial charge < -0.3 is 14.6 Å². The fraction of sp³-hybridized carbons (Fsp3) is 0.467. The lowest BCUT2D eigenvalue weighted by Gasteiger charge is -2.21. The zero-order chi connectivity index (χ0) is 14.5. The molecule has 112 valence electrons. The third-order valence-electron chi connectivity index (χ3n) is 3.32. The molecule has 1 atom stereocenters. The summed E-state index contributed by atoms with van der Waals surface area (Å²) in [6, 6.07) is 8.19. The first-order valence-electron chi connectivity index (χ1n) is 7.22. The molecule has 21 heavy (non-hydrogen) atoms. The van der Waals surface area contributed by atoms with Crippen molar-refractivity contribution in [3.63, 3.8) is 0 Å². The molecular formula is C15H19N3O2S. The van der Waals surface area contributed by atoms with Crippen LogP contribution in [0.5, 0.6) is 5.75 Å². The Kier molecular flexibility index (Phi) is 4.77. The molecule has 0 bridgehead atoms. The molecule has 0 spiro atoms. The van der Waals surface area contributed by atoms with Gasteiger partial charge in [0.1, 0.15) is 5.75 Å². The van der Waals surface area contributed by atoms with Crippen LogP contribution in [-0.4, -0.2) is 40.8 Å². The first-order valence-corrected chi connectivity index (χ1v) is 8.38. The van der Waals surface area contributed by atoms with Gasteiger partial charge in [-0.2, -0.15) is 16.7 Å². The van der Waals surface area contributed by atoms with Crippen LogP contribution in [0.25, 0.3) is 11.4 Å². The van der Waals surface area contributed by atoms with Crippen LogP contribution < -0.4 is 10.1 Å². The predicted molar refractivity (Wildman–Crippen MR) is 83.7 cm³/mol. The molecule has 2 heterocycles. The molecule has 1 unspecified atom stereocenters. The Balaban J connectivity index is 1.75. The third-order valence-corrected chi connectivity index (χ3v) is 4.45. The van der Waals surface area contributed by atoms with Crippen molar-refractivity contribution in [1.29, 1.82) is 0 Å². The molecule has 1 aliphatic heterocycles. The van der Waals surface area contributed by atoms with E-state index in [4.69, 9.17) is 9.26 Å². The fourth-order valence-corrected chi connectivity index (χ4v) is 3.29. The largest absolute Gasteiger partial charge is 0.493 e. The van der Waals surface area contributed by atoms with Crippen molar-refractivity contribution in [3.05, 3.63) is 30.2 Å². The van der Waals surface area contributed by atoms with Crippen LogP contribution in [0, 0.1) is 0 Å². The maximum Gasteiger partial charge on any atom is 0.228 e. The molecule has 1 aliphatic rings. The number of benzene rings is 1. The Morgan fingerprint density at radius 3 is 3.14 bits per heavy atom. The molecule has 0 radical (unpaired) electrons. The zero-order valence-corrected chi connectivity index (χ0v) is 12.9. The van der Waals surface area contributed by atoms with Gasteiger partial charge in [-0.1, -0.05) is 17.3 Å². The highest BCUT2D eigenvalue weighted by atomic mass is 32.2. The summed E-state index contributed by atoms with van der Waals surface area (Å²) < 4.78 is 11.0. The lowest BCUT2D eigenvalue weighted by molar-refractivity contribution is 0.340. The highest BCUT2D eigenvalue weighted by molar-refractivity contribution is 7.99. The van der Waals surface area contributed by atoms with Gasteiger partial charge >= 0.3 is 0 Å². The summed E-state index contributed by atoms with van der Waals surface area (Å²) in [7, 11) is 0. The summed E-state index contributed by atoms with van der Waals surface area (Å²) in [5.41, 5.74) is 0.875. The molecule has 0 aliphatic carbocycles. The van der Waals surface area contributed by atoms with Crippen LogP contribution >= 0.6 is 11.8 Å². The fourth-order valence-electron chi connectivity index (χ4n) is 2.34. The van der Waals surface area contributed by atoms with Gasteiger partial charge in [0.05, 0.1) is 12.2 Å². The van der Waals surface area contributed by atoms with Crippen LogP contribution in [0.15, 0.2) is 28.8 Å². The van der Waals surface area contributed by atoms with Gasteiger partial charge in [0.2, 0.25) is 11.7 Å². The topological polar surface area (TPSA) is 60.2 Å². The van der Waals surface area contributed by atoms with E-state index in [1.54, 1.807) is 0 Å². The molecule has 5 nitrogen and oxygen atoms in total. The van der Waals surface area contributed by atoms with Crippen molar-refractivity contribution in [2.75, 3.05) is 24.7 Å². The number of hydrogen-bond acceptors (Lipinski definition) is 6. The lowest BCUT2D eigenvalue weighted by Crippen LogP contribution is -2.38. The number of aromatic nitrogens is 2. The maximum absolute atomic E-state index is 5.61. The van der Waals surface area contributed by atoms with Crippen molar-refractivity contribution in [3.8, 4) is 17.1 Å². The van der Waals surface area contributed by atoms with Gasteiger partial charge in [-0.05, 0) is 19.1 Å². The van der Waals surface area contributed by atoms with Crippen molar-refractivity contribution in [2.45, 2.75) is 19.4 Å². The van der Waals surface area contributed by atoms with E-state index >= 15 is 0 Å². The Labute approximate surface area is 128 Å². The van der Waals surface area contributed by atoms with Crippen LogP contribution in [-0.2, 0) is 6.42 Å². The van der Waals surface area contributed by atoms with Gasteiger partial charge in [0, 0.05) is 30.5 Å². The van der Waals surface area contributed by atoms with E-state index in [2.05, 4.69) is 15.5 Å². The number of nitrogens with one attached hydrogen (secondary N) is 1. The van der Waals surface area contributed by atoms with Crippen molar-refractivity contribution in [2.24, 2.45) is 0 Å². The smallest absolute Gasteiger partial charge is 0.228 e. The van der Waals surface area contributed by atoms with Crippen LogP contribution in [0.1, 0.15) is 12.8 Å². The molecule has 1 N–H and O–H groups in total. The van der Waals surface area contributed by atoms with Crippen LogP contribution in [0.3, 0.4) is 0 Å². The molecule has 2 aromatic rings. The number of rotatable bonds is 5. The molecule has 0 saturated carbocycles. The van der Waals surface area contributed by atoms with Gasteiger partial charge in [-0.3, -0.25) is 0 Å². The molecule has 1 fully saturated rings. The molecule has 1 aromatic heterocycles. The van der Waals surface area contributed by atoms with Crippen molar-refractivity contribution < 1.29 is 9.26 Å². The Bertz CT molecular complexity index is 582. The van der Waals surface area contributed by atoms with E-state index in [0.29, 0.717) is 24.4 Å². The second-order valence-corrected chi connectivity index (χ2v) is 6.02. The predicted octanol–water partition coefficient (Wildman–Crippen LogP) is 2.38. The summed E-state index contributed by atoms with van der Waals surface area (Å²) in [6.07, 6.45) is 0.775. The number of para-hydroxylation sites is 1. The van der Waals surface area contributed by atoms with E-state index in [0.717, 1.165) is 30.0 Å². The van der Waals surface area contributed by atoms with E-state index in [1.807, 2.05) is 43.0 Å². The van der Waals surface area contributed by atoms with Crippen molar-refractivity contribution >= 4 is 11.8 Å². The Morgan fingerprint density at radius 1 is 1.43 bits per heavy atom. The van der Waals surface area contributed by atoms with Crippen LogP contribution in [0.2, 0.25) is 0 Å². The van der Waals surface area contributed by atoms with E-state index in [-0.39, 0.29) is 0 Å². The maximum atomic E-state index is 5.61. The molecule has 0 amide bonds. The van der Waals surface area contributed by atoms with E-state index in [9.17, 15) is 0 Å². The third kappa shape index (κ3) is 3.57. The highest BCUT2D eigenvalue weighted by Crippen LogP contribution is 2.27. The lowest BCUT2D eigenvalue weighted by atomic mass is 10.2. The molecule has 3 rings (SSSR count). The van der Waals surface area contributed by atoms with Crippen molar-refractivity contribution in [1.82, 2.24) is 15.5 Å². The molecular weight excluding hydrogens is 286 g/mol. The minimum atomic E-state index is 0.416. The number of ether oxygens (including phenoxy) is 1. The van der Waals surface area contributed by atoms with Gasteiger partial charge in [-0.15, -0.1) is 0 Å². The quantitative estimate of drug-likeness (QED) is 0.915. The van der Waals surface area contributed by atoms with Gasteiger partial charge in [0.15, 0.2) is 0 Å². The molecule has 1 aromatic carbocycles. The number of nitrogens with zero attached hydrogens (tertiary/aromatic N) is 2. The summed E-state index contributed by atoms with van der Waals surface area (Å²) in [4.78, 5) is 4.51. The van der Waals surface area contributed by atoms with E-state index < -0.39 is 0 Å². The normalized spacial score (nSPS) is 18.6. The standard InChI is InChI=1S/C15H19N3O2S/c1-2-19-13-6-4-3-5-12(13)15-17-14(20-18-15)9-11-10-21-8-7-16-11/h3-6,11,16H,2,7-10H2,1H3. The highest BCUT2D eigenvalue weighted by Gasteiger charge is 2.18. The number of thioether (sulfide) groups is 1. The Morgan fingerprint density at radius 2 is 2.33 bits per heavy atom. The first kappa shape index (κ1) is 14.4. The number of hydrogen-bond donors (Lipinski definition) is 1. The summed E-state index contributed by atoms with van der Waals surface area (Å²) in [6.45, 7) is 3.62. The molecule has 1 saturated heterocycles. The summed E-state index contributed by atoms with van der Waals surface area (Å²) >= 11 is 1.96. The second kappa shape index (κ2) is 6.95. The van der Waals surface area contributed by atoms with Crippen LogP contribution in [0.4, 0.5) is 0 Å².